The molecule has 1 aromatic heterocycles. The molecule has 1 rings (SSSR count). The van der Waals surface area contributed by atoms with Crippen LogP contribution >= 0.6 is 0 Å². The molecule has 78 valence electrons. The highest BCUT2D eigenvalue weighted by atomic mass is 16.3. The molecule has 0 unspecified atom stereocenters. The summed E-state index contributed by atoms with van der Waals surface area (Å²) in [4.78, 5) is 0. The summed E-state index contributed by atoms with van der Waals surface area (Å²) in [6, 6.07) is 0. The lowest BCUT2D eigenvalue weighted by Gasteiger charge is -2.31. The van der Waals surface area contributed by atoms with E-state index in [0.29, 0.717) is 5.46 Å². The molecule has 1 heterocycles. The summed E-state index contributed by atoms with van der Waals surface area (Å²) in [5, 5.41) is 24.3. The number of aliphatic hydroxyl groups is 2. The summed E-state index contributed by atoms with van der Waals surface area (Å²) in [6.45, 7) is 6.31. The maximum Gasteiger partial charge on any atom is 0.118 e. The number of nitrogens with zero attached hydrogens (tertiary/aromatic N) is 1. The smallest absolute Gasteiger partial charge is 0.118 e. The first-order chi connectivity index (χ1) is 6.14. The van der Waals surface area contributed by atoms with E-state index in [1.54, 1.807) is 40.1 Å². The Labute approximate surface area is 85.8 Å². The van der Waals surface area contributed by atoms with Gasteiger partial charge < -0.3 is 10.2 Å². The number of nitrogens with one attached hydrogen (secondary N) is 1. The molecule has 0 saturated carbocycles. The number of hydrogen-bond acceptors (Lipinski definition) is 3. The van der Waals surface area contributed by atoms with Crippen molar-refractivity contribution in [2.45, 2.75) is 38.9 Å². The van der Waals surface area contributed by atoms with Gasteiger partial charge in [0.1, 0.15) is 7.85 Å². The van der Waals surface area contributed by atoms with E-state index in [2.05, 4.69) is 10.2 Å². The molecule has 0 aliphatic carbocycles. The van der Waals surface area contributed by atoms with Gasteiger partial charge in [-0.05, 0) is 27.7 Å². The zero-order valence-electron chi connectivity index (χ0n) is 9.07. The Morgan fingerprint density at radius 1 is 1.21 bits per heavy atom. The fourth-order valence-corrected chi connectivity index (χ4v) is 0.261. The van der Waals surface area contributed by atoms with Gasteiger partial charge in [-0.25, -0.2) is 0 Å². The van der Waals surface area contributed by atoms with Crippen LogP contribution in [0.4, 0.5) is 0 Å². The molecule has 0 aliphatic rings. The second-order valence-corrected chi connectivity index (χ2v) is 4.15. The first kappa shape index (κ1) is 13.2. The Kier molecular flexibility index (Phi) is 4.35. The van der Waals surface area contributed by atoms with Gasteiger partial charge in [0, 0.05) is 12.4 Å². The second kappa shape index (κ2) is 4.62. The Morgan fingerprint density at radius 2 is 1.64 bits per heavy atom. The van der Waals surface area contributed by atoms with Crippen LogP contribution in [0.25, 0.3) is 0 Å². The Morgan fingerprint density at radius 3 is 1.71 bits per heavy atom. The lowest BCUT2D eigenvalue weighted by Crippen LogP contribution is -2.44. The molecule has 0 aromatic carbocycles. The third-order valence-corrected chi connectivity index (χ3v) is 2.02. The van der Waals surface area contributed by atoms with Crippen LogP contribution in [0.3, 0.4) is 0 Å². The predicted molar refractivity (Wildman–Crippen MR) is 56.6 cm³/mol. The lowest BCUT2D eigenvalue weighted by atomic mass is 9.90. The van der Waals surface area contributed by atoms with Crippen molar-refractivity contribution in [2.75, 3.05) is 0 Å². The third-order valence-electron chi connectivity index (χ3n) is 2.02. The highest BCUT2D eigenvalue weighted by Crippen LogP contribution is 2.19. The van der Waals surface area contributed by atoms with Gasteiger partial charge in [0.15, 0.2) is 0 Å². The molecule has 0 aliphatic heterocycles. The zero-order chi connectivity index (χ0) is 11.4. The zero-order valence-corrected chi connectivity index (χ0v) is 9.07. The van der Waals surface area contributed by atoms with Crippen molar-refractivity contribution in [2.24, 2.45) is 0 Å². The largest absolute Gasteiger partial charge is 0.387 e. The molecule has 0 amide bonds. The van der Waals surface area contributed by atoms with Gasteiger partial charge in [-0.15, -0.1) is 0 Å². The van der Waals surface area contributed by atoms with Gasteiger partial charge >= 0.3 is 0 Å². The molecule has 4 nitrogen and oxygen atoms in total. The Hall–Kier alpha value is -0.805. The van der Waals surface area contributed by atoms with Gasteiger partial charge in [0.2, 0.25) is 0 Å². The maximum absolute atomic E-state index is 9.10. The Balaban J connectivity index is 0.000000249. The third kappa shape index (κ3) is 5.04. The fraction of sp³-hybridized carbons (Fsp3) is 0.667. The number of hydrogen-bond donors (Lipinski definition) is 3. The van der Waals surface area contributed by atoms with Crippen LogP contribution in [0.15, 0.2) is 12.4 Å². The minimum Gasteiger partial charge on any atom is -0.387 e. The average Bonchev–Trinajstić information content (AvgIpc) is 2.35. The van der Waals surface area contributed by atoms with Crippen LogP contribution in [0.1, 0.15) is 27.7 Å². The second-order valence-electron chi connectivity index (χ2n) is 4.15. The van der Waals surface area contributed by atoms with E-state index < -0.39 is 11.2 Å². The SMILES string of the molecule is CC(C)(O)C(C)(C)O.[B]c1cn[nH]c1. The quantitative estimate of drug-likeness (QED) is 0.541. The van der Waals surface area contributed by atoms with Crippen LogP contribution < -0.4 is 5.46 Å². The molecule has 2 radical (unpaired) electrons. The standard InChI is InChI=1S/C6H14O2.C3H3BN2/c1-5(2,7)6(3,4)8;4-3-1-5-6-2-3/h7-8H,1-4H3;1-2H,(H,5,6). The number of aromatic nitrogens is 2. The molecule has 3 N–H and O–H groups in total. The first-order valence-corrected chi connectivity index (χ1v) is 4.33. The molecule has 0 saturated heterocycles. The molecule has 0 atom stereocenters. The summed E-state index contributed by atoms with van der Waals surface area (Å²) in [5.74, 6) is 0. The highest BCUT2D eigenvalue weighted by Gasteiger charge is 2.31. The molecule has 5 heteroatoms. The molecular formula is C9H17BN2O2. The number of rotatable bonds is 1. The molecular weight excluding hydrogens is 179 g/mol. The summed E-state index contributed by atoms with van der Waals surface area (Å²) < 4.78 is 0. The normalized spacial score (nSPS) is 11.9. The van der Waals surface area contributed by atoms with Gasteiger partial charge in [0.05, 0.1) is 11.2 Å². The van der Waals surface area contributed by atoms with E-state index in [1.807, 2.05) is 0 Å². The van der Waals surface area contributed by atoms with Crippen LogP contribution in [0.2, 0.25) is 0 Å². The summed E-state index contributed by atoms with van der Waals surface area (Å²) in [7, 11) is 5.18. The topological polar surface area (TPSA) is 69.1 Å². The van der Waals surface area contributed by atoms with E-state index in [-0.39, 0.29) is 0 Å². The van der Waals surface area contributed by atoms with Crippen molar-refractivity contribution in [3.05, 3.63) is 12.4 Å². The van der Waals surface area contributed by atoms with Crippen LogP contribution in [0, 0.1) is 0 Å². The van der Waals surface area contributed by atoms with Crippen molar-refractivity contribution >= 4 is 13.3 Å². The van der Waals surface area contributed by atoms with E-state index in [9.17, 15) is 0 Å². The van der Waals surface area contributed by atoms with Gasteiger partial charge in [-0.1, -0.05) is 5.46 Å². The molecule has 1 aromatic rings. The molecule has 0 bridgehead atoms. The van der Waals surface area contributed by atoms with Crippen molar-refractivity contribution in [3.63, 3.8) is 0 Å². The maximum atomic E-state index is 9.10. The molecule has 0 spiro atoms. The summed E-state index contributed by atoms with van der Waals surface area (Å²) in [5.41, 5.74) is -1.34. The number of H-pyrrole nitrogens is 1. The highest BCUT2D eigenvalue weighted by molar-refractivity contribution is 6.31. The van der Waals surface area contributed by atoms with Crippen molar-refractivity contribution in [1.82, 2.24) is 10.2 Å². The monoisotopic (exact) mass is 196 g/mol. The van der Waals surface area contributed by atoms with Gasteiger partial charge in [-0.2, -0.15) is 5.10 Å². The van der Waals surface area contributed by atoms with E-state index in [4.69, 9.17) is 18.1 Å². The van der Waals surface area contributed by atoms with Crippen molar-refractivity contribution in [3.8, 4) is 0 Å². The van der Waals surface area contributed by atoms with Crippen molar-refractivity contribution in [1.29, 1.82) is 0 Å². The van der Waals surface area contributed by atoms with Crippen LogP contribution in [-0.4, -0.2) is 39.5 Å². The van der Waals surface area contributed by atoms with Gasteiger partial charge in [0.25, 0.3) is 0 Å². The van der Waals surface area contributed by atoms with Crippen LogP contribution in [0.5, 0.6) is 0 Å². The van der Waals surface area contributed by atoms with E-state index >= 15 is 0 Å². The van der Waals surface area contributed by atoms with E-state index in [1.165, 1.54) is 0 Å². The van der Waals surface area contributed by atoms with Crippen LogP contribution in [-0.2, 0) is 0 Å². The summed E-state index contributed by atoms with van der Waals surface area (Å²) >= 11 is 0. The fourth-order valence-electron chi connectivity index (χ4n) is 0.261. The van der Waals surface area contributed by atoms with Gasteiger partial charge in [-0.3, -0.25) is 5.10 Å². The first-order valence-electron chi connectivity index (χ1n) is 4.33. The average molecular weight is 196 g/mol. The molecule has 14 heavy (non-hydrogen) atoms. The Bertz CT molecular complexity index is 235. The molecule has 0 fully saturated rings. The summed E-state index contributed by atoms with van der Waals surface area (Å²) in [6.07, 6.45) is 3.18. The predicted octanol–water partition coefficient (Wildman–Crippen LogP) is -0.268. The minimum absolute atomic E-state index is 0.676. The number of aromatic amines is 1. The van der Waals surface area contributed by atoms with Crippen molar-refractivity contribution < 1.29 is 10.2 Å². The lowest BCUT2D eigenvalue weighted by molar-refractivity contribution is -0.107. The van der Waals surface area contributed by atoms with E-state index in [0.717, 1.165) is 0 Å². The minimum atomic E-state index is -1.01.